The van der Waals surface area contributed by atoms with Crippen LogP contribution in [0.2, 0.25) is 5.02 Å². The van der Waals surface area contributed by atoms with Crippen LogP contribution in [0.1, 0.15) is 31.2 Å². The number of fused-ring (bicyclic) bond motifs is 3. The molecule has 4 heteroatoms. The fourth-order valence-electron chi connectivity index (χ4n) is 3.42. The first kappa shape index (κ1) is 12.4. The molecule has 1 aromatic heterocycles. The number of rotatable bonds is 1. The maximum Gasteiger partial charge on any atom is 0.152 e. The van der Waals surface area contributed by atoms with Crippen LogP contribution in [0.3, 0.4) is 0 Å². The number of benzene rings is 1. The molecule has 0 saturated heterocycles. The number of nitrogens with zero attached hydrogens (tertiary/aromatic N) is 2. The summed E-state index contributed by atoms with van der Waals surface area (Å²) >= 11 is 6.39. The lowest BCUT2D eigenvalue weighted by Crippen LogP contribution is -2.38. The van der Waals surface area contributed by atoms with Gasteiger partial charge in [-0.2, -0.15) is 0 Å². The van der Waals surface area contributed by atoms with E-state index in [1.807, 2.05) is 18.2 Å². The maximum atomic E-state index is 6.39. The fraction of sp³-hybridized carbons (Fsp3) is 0.438. The molecule has 0 N–H and O–H groups in total. The third kappa shape index (κ3) is 1.97. The summed E-state index contributed by atoms with van der Waals surface area (Å²) in [7, 11) is 0. The van der Waals surface area contributed by atoms with Gasteiger partial charge in [0.15, 0.2) is 5.75 Å². The molecule has 1 fully saturated rings. The second-order valence-electron chi connectivity index (χ2n) is 5.70. The van der Waals surface area contributed by atoms with Crippen molar-refractivity contribution in [2.45, 2.75) is 38.3 Å². The molecule has 20 heavy (non-hydrogen) atoms. The number of hydrogen-bond donors (Lipinski definition) is 0. The summed E-state index contributed by atoms with van der Waals surface area (Å²) in [5.74, 6) is 0.916. The van der Waals surface area contributed by atoms with E-state index in [0.717, 1.165) is 28.2 Å². The summed E-state index contributed by atoms with van der Waals surface area (Å²) in [6.07, 6.45) is 7.06. The van der Waals surface area contributed by atoms with E-state index in [9.17, 15) is 0 Å². The highest BCUT2D eigenvalue weighted by molar-refractivity contribution is 6.35. The van der Waals surface area contributed by atoms with Crippen LogP contribution in [-0.2, 0) is 6.54 Å². The van der Waals surface area contributed by atoms with Crippen molar-refractivity contribution < 1.29 is 4.74 Å². The second-order valence-corrected chi connectivity index (χ2v) is 6.11. The molecule has 1 aliphatic heterocycles. The van der Waals surface area contributed by atoms with Gasteiger partial charge in [-0.25, -0.2) is 0 Å². The van der Waals surface area contributed by atoms with Crippen molar-refractivity contribution in [3.8, 4) is 5.75 Å². The minimum absolute atomic E-state index is 0.668. The summed E-state index contributed by atoms with van der Waals surface area (Å²) in [6, 6.07) is 6.62. The van der Waals surface area contributed by atoms with Gasteiger partial charge in [0.25, 0.3) is 0 Å². The van der Waals surface area contributed by atoms with Gasteiger partial charge >= 0.3 is 0 Å². The van der Waals surface area contributed by atoms with E-state index in [0.29, 0.717) is 12.8 Å². The van der Waals surface area contributed by atoms with E-state index in [1.54, 1.807) is 6.20 Å². The molecule has 0 radical (unpaired) electrons. The van der Waals surface area contributed by atoms with Crippen LogP contribution in [0, 0.1) is 0 Å². The number of hydrogen-bond acceptors (Lipinski definition) is 3. The Balaban J connectivity index is 1.74. The third-order valence-electron chi connectivity index (χ3n) is 4.46. The molecule has 3 nitrogen and oxygen atoms in total. The number of pyridine rings is 1. The van der Waals surface area contributed by atoms with E-state index in [-0.39, 0.29) is 0 Å². The molecular weight excluding hydrogens is 272 g/mol. The summed E-state index contributed by atoms with van der Waals surface area (Å²) in [4.78, 5) is 6.88. The Kier molecular flexibility index (Phi) is 3.04. The third-order valence-corrected chi connectivity index (χ3v) is 4.77. The molecule has 2 heterocycles. The van der Waals surface area contributed by atoms with Gasteiger partial charge in [-0.3, -0.25) is 9.88 Å². The quantitative estimate of drug-likeness (QED) is 0.793. The van der Waals surface area contributed by atoms with Crippen LogP contribution in [0.15, 0.2) is 24.4 Å². The summed E-state index contributed by atoms with van der Waals surface area (Å²) in [5, 5.41) is 1.74. The highest BCUT2D eigenvalue weighted by atomic mass is 35.5. The van der Waals surface area contributed by atoms with Gasteiger partial charge in [-0.1, -0.05) is 24.4 Å². The van der Waals surface area contributed by atoms with Gasteiger partial charge in [-0.05, 0) is 31.0 Å². The van der Waals surface area contributed by atoms with Crippen molar-refractivity contribution in [2.24, 2.45) is 0 Å². The molecule has 0 unspecified atom stereocenters. The summed E-state index contributed by atoms with van der Waals surface area (Å²) in [6.45, 7) is 1.59. The molecule has 1 aromatic carbocycles. The molecule has 0 bridgehead atoms. The van der Waals surface area contributed by atoms with E-state index in [2.05, 4.69) is 9.88 Å². The molecule has 0 amide bonds. The van der Waals surface area contributed by atoms with Crippen molar-refractivity contribution in [1.82, 2.24) is 9.88 Å². The van der Waals surface area contributed by atoms with Crippen LogP contribution < -0.4 is 4.74 Å². The Labute approximate surface area is 123 Å². The van der Waals surface area contributed by atoms with Gasteiger partial charge < -0.3 is 4.74 Å². The SMILES string of the molecule is Clc1cc2c(c3ncccc13)OCN(C1CCCC1)C2. The molecule has 4 rings (SSSR count). The van der Waals surface area contributed by atoms with E-state index < -0.39 is 0 Å². The van der Waals surface area contributed by atoms with Gasteiger partial charge in [-0.15, -0.1) is 0 Å². The Bertz CT molecular complexity index is 652. The van der Waals surface area contributed by atoms with Gasteiger partial charge in [0.05, 0.1) is 5.02 Å². The number of halogens is 1. The first-order chi connectivity index (χ1) is 9.83. The Morgan fingerprint density at radius 1 is 1.30 bits per heavy atom. The zero-order valence-electron chi connectivity index (χ0n) is 11.3. The number of ether oxygens (including phenoxy) is 1. The molecule has 1 aliphatic carbocycles. The van der Waals surface area contributed by atoms with Crippen LogP contribution in [0.25, 0.3) is 10.9 Å². The first-order valence-electron chi connectivity index (χ1n) is 7.26. The lowest BCUT2D eigenvalue weighted by Gasteiger charge is -2.33. The fourth-order valence-corrected chi connectivity index (χ4v) is 3.71. The van der Waals surface area contributed by atoms with Crippen molar-refractivity contribution >= 4 is 22.5 Å². The number of aromatic nitrogens is 1. The molecule has 104 valence electrons. The molecule has 2 aromatic rings. The standard InChI is InChI=1S/C16H17ClN2O/c17-14-8-11-9-19(12-4-1-2-5-12)10-20-16(11)15-13(14)6-3-7-18-15/h3,6-8,12H,1-2,4-5,9-10H2. The maximum absolute atomic E-state index is 6.39. The Hall–Kier alpha value is -1.32. The van der Waals surface area contributed by atoms with Gasteiger partial charge in [0.2, 0.25) is 0 Å². The summed E-state index contributed by atoms with van der Waals surface area (Å²) < 4.78 is 6.02. The largest absolute Gasteiger partial charge is 0.475 e. The van der Waals surface area contributed by atoms with E-state index in [1.165, 1.54) is 31.2 Å². The van der Waals surface area contributed by atoms with Crippen molar-refractivity contribution in [2.75, 3.05) is 6.73 Å². The average Bonchev–Trinajstić information content (AvgIpc) is 3.01. The monoisotopic (exact) mass is 288 g/mol. The first-order valence-corrected chi connectivity index (χ1v) is 7.63. The lowest BCUT2D eigenvalue weighted by molar-refractivity contribution is 0.0590. The minimum atomic E-state index is 0.668. The highest BCUT2D eigenvalue weighted by Gasteiger charge is 2.28. The van der Waals surface area contributed by atoms with Crippen LogP contribution >= 0.6 is 11.6 Å². The molecule has 1 saturated carbocycles. The second kappa shape index (κ2) is 4.90. The smallest absolute Gasteiger partial charge is 0.152 e. The molecule has 2 aliphatic rings. The van der Waals surface area contributed by atoms with Gasteiger partial charge in [0, 0.05) is 29.7 Å². The Morgan fingerprint density at radius 2 is 2.15 bits per heavy atom. The van der Waals surface area contributed by atoms with E-state index >= 15 is 0 Å². The van der Waals surface area contributed by atoms with Crippen LogP contribution in [0.5, 0.6) is 5.75 Å². The van der Waals surface area contributed by atoms with Crippen molar-refractivity contribution in [3.63, 3.8) is 0 Å². The molecule has 0 atom stereocenters. The van der Waals surface area contributed by atoms with Crippen LogP contribution in [0.4, 0.5) is 0 Å². The zero-order valence-corrected chi connectivity index (χ0v) is 12.1. The topological polar surface area (TPSA) is 25.4 Å². The Morgan fingerprint density at radius 3 is 3.00 bits per heavy atom. The molecular formula is C16H17ClN2O. The molecule has 0 spiro atoms. The average molecular weight is 289 g/mol. The minimum Gasteiger partial charge on any atom is -0.475 e. The normalized spacial score (nSPS) is 20.1. The predicted molar refractivity (Wildman–Crippen MR) is 80.0 cm³/mol. The highest BCUT2D eigenvalue weighted by Crippen LogP contribution is 2.38. The lowest BCUT2D eigenvalue weighted by atomic mass is 10.1. The van der Waals surface area contributed by atoms with Crippen molar-refractivity contribution in [1.29, 1.82) is 0 Å². The predicted octanol–water partition coefficient (Wildman–Crippen LogP) is 3.98. The van der Waals surface area contributed by atoms with E-state index in [4.69, 9.17) is 16.3 Å². The van der Waals surface area contributed by atoms with Gasteiger partial charge in [0.1, 0.15) is 12.2 Å². The van der Waals surface area contributed by atoms with Crippen molar-refractivity contribution in [3.05, 3.63) is 35.0 Å². The van der Waals surface area contributed by atoms with Crippen LogP contribution in [-0.4, -0.2) is 22.7 Å². The zero-order chi connectivity index (χ0) is 13.5. The summed E-state index contributed by atoms with van der Waals surface area (Å²) in [5.41, 5.74) is 2.06.